The van der Waals surface area contributed by atoms with E-state index in [1.165, 1.54) is 12.2 Å². The highest BCUT2D eigenvalue weighted by Crippen LogP contribution is 2.32. The minimum absolute atomic E-state index is 0.0808. The second-order valence-electron chi connectivity index (χ2n) is 4.22. The van der Waals surface area contributed by atoms with Crippen LogP contribution in [0.15, 0.2) is 54.1 Å². The number of alkyl halides is 2. The Morgan fingerprint density at radius 1 is 1.28 bits per heavy atom. The number of rotatable bonds is 4. The molecule has 0 N–H and O–H groups in total. The zero-order chi connectivity index (χ0) is 13.0. The highest BCUT2D eigenvalue weighted by atomic mass is 35.5. The zero-order valence-corrected chi connectivity index (χ0v) is 10.5. The van der Waals surface area contributed by atoms with Crippen molar-refractivity contribution in [2.75, 3.05) is 5.88 Å². The number of halogens is 3. The zero-order valence-electron chi connectivity index (χ0n) is 9.70. The van der Waals surface area contributed by atoms with E-state index in [1.54, 1.807) is 0 Å². The largest absolute Gasteiger partial charge is 0.486 e. The van der Waals surface area contributed by atoms with Gasteiger partial charge in [-0.3, -0.25) is 0 Å². The first-order valence-corrected chi connectivity index (χ1v) is 6.16. The van der Waals surface area contributed by atoms with Gasteiger partial charge in [0, 0.05) is 6.42 Å². The van der Waals surface area contributed by atoms with Crippen molar-refractivity contribution in [3.05, 3.63) is 59.6 Å². The Hall–Kier alpha value is -1.35. The molecule has 1 aromatic rings. The molecule has 0 radical (unpaired) electrons. The fourth-order valence-corrected chi connectivity index (χ4v) is 1.86. The van der Waals surface area contributed by atoms with E-state index in [9.17, 15) is 8.78 Å². The molecule has 2 rings (SSSR count). The smallest absolute Gasteiger partial charge is 0.151 e. The first-order chi connectivity index (χ1) is 8.63. The molecular formula is C14H13ClF2O. The van der Waals surface area contributed by atoms with Crippen molar-refractivity contribution in [3.63, 3.8) is 0 Å². The Morgan fingerprint density at radius 2 is 2.00 bits per heavy atom. The summed E-state index contributed by atoms with van der Waals surface area (Å²) in [6.45, 7) is 0.258. The molecule has 96 valence electrons. The van der Waals surface area contributed by atoms with Crippen LogP contribution in [0, 0.1) is 0 Å². The van der Waals surface area contributed by atoms with Gasteiger partial charge in [-0.05, 0) is 17.7 Å². The van der Waals surface area contributed by atoms with E-state index >= 15 is 0 Å². The van der Waals surface area contributed by atoms with Crippen molar-refractivity contribution in [1.29, 1.82) is 0 Å². The highest BCUT2D eigenvalue weighted by Gasteiger charge is 2.32. The molecule has 1 nitrogen and oxygen atoms in total. The van der Waals surface area contributed by atoms with Gasteiger partial charge >= 0.3 is 0 Å². The van der Waals surface area contributed by atoms with Gasteiger partial charge in [0.2, 0.25) is 0 Å². The van der Waals surface area contributed by atoms with E-state index < -0.39 is 11.5 Å². The van der Waals surface area contributed by atoms with Crippen LogP contribution in [0.25, 0.3) is 0 Å². The van der Waals surface area contributed by atoms with Crippen molar-refractivity contribution in [2.24, 2.45) is 0 Å². The van der Waals surface area contributed by atoms with E-state index in [0.717, 1.165) is 5.56 Å². The lowest BCUT2D eigenvalue weighted by molar-refractivity contribution is 0.177. The molecule has 1 unspecified atom stereocenters. The van der Waals surface area contributed by atoms with Gasteiger partial charge < -0.3 is 4.74 Å². The predicted molar refractivity (Wildman–Crippen MR) is 67.7 cm³/mol. The summed E-state index contributed by atoms with van der Waals surface area (Å²) in [5.74, 6) is -0.781. The molecule has 18 heavy (non-hydrogen) atoms. The first kappa shape index (κ1) is 13.1. The molecule has 4 heteroatoms. The van der Waals surface area contributed by atoms with Gasteiger partial charge in [-0.25, -0.2) is 8.78 Å². The van der Waals surface area contributed by atoms with Crippen LogP contribution >= 0.6 is 11.6 Å². The normalized spacial score (nSPS) is 23.3. The Balaban J connectivity index is 1.99. The Labute approximate surface area is 110 Å². The highest BCUT2D eigenvalue weighted by molar-refractivity contribution is 6.18. The van der Waals surface area contributed by atoms with Crippen LogP contribution in [-0.2, 0) is 11.3 Å². The Bertz CT molecular complexity index is 470. The molecule has 0 saturated heterocycles. The molecule has 0 spiro atoms. The molecule has 1 atom stereocenters. The van der Waals surface area contributed by atoms with Crippen molar-refractivity contribution in [3.8, 4) is 0 Å². The summed E-state index contributed by atoms with van der Waals surface area (Å²) >= 11 is 5.45. The molecule has 0 aromatic heterocycles. The number of allylic oxidation sites excluding steroid dienone is 3. The van der Waals surface area contributed by atoms with E-state index in [-0.39, 0.29) is 24.7 Å². The van der Waals surface area contributed by atoms with Crippen LogP contribution in [0.2, 0.25) is 0 Å². The maximum absolute atomic E-state index is 13.7. The lowest BCUT2D eigenvalue weighted by atomic mass is 9.98. The Morgan fingerprint density at radius 3 is 2.61 bits per heavy atom. The summed E-state index contributed by atoms with van der Waals surface area (Å²) in [5.41, 5.74) is -0.869. The van der Waals surface area contributed by atoms with Crippen LogP contribution in [0.5, 0.6) is 0 Å². The lowest BCUT2D eigenvalue weighted by Crippen LogP contribution is -2.25. The first-order valence-electron chi connectivity index (χ1n) is 5.62. The van der Waals surface area contributed by atoms with Gasteiger partial charge in [0.15, 0.2) is 5.76 Å². The summed E-state index contributed by atoms with van der Waals surface area (Å²) in [7, 11) is 0. The third-order valence-electron chi connectivity index (χ3n) is 2.71. The molecule has 1 aliphatic carbocycles. The Kier molecular flexibility index (Phi) is 4.02. The second kappa shape index (κ2) is 5.53. The summed E-state index contributed by atoms with van der Waals surface area (Å²) in [6.07, 6.45) is 2.20. The second-order valence-corrected chi connectivity index (χ2v) is 4.49. The quantitative estimate of drug-likeness (QED) is 0.742. The van der Waals surface area contributed by atoms with Crippen molar-refractivity contribution in [1.82, 2.24) is 0 Å². The molecule has 0 aliphatic heterocycles. The summed E-state index contributed by atoms with van der Waals surface area (Å²) in [6, 6.07) is 9.40. The van der Waals surface area contributed by atoms with Crippen LogP contribution in [-0.4, -0.2) is 11.5 Å². The average molecular weight is 271 g/mol. The number of ether oxygens (including phenoxy) is 1. The monoisotopic (exact) mass is 270 g/mol. The molecule has 0 bridgehead atoms. The molecule has 0 amide bonds. The molecule has 1 aromatic carbocycles. The fourth-order valence-electron chi connectivity index (χ4n) is 1.67. The molecule has 0 saturated carbocycles. The molecule has 0 fully saturated rings. The number of hydrogen-bond acceptors (Lipinski definition) is 1. The molecular weight excluding hydrogens is 258 g/mol. The van der Waals surface area contributed by atoms with Gasteiger partial charge in [-0.15, -0.1) is 11.6 Å². The van der Waals surface area contributed by atoms with Crippen molar-refractivity contribution in [2.45, 2.75) is 18.7 Å². The topological polar surface area (TPSA) is 9.23 Å². The maximum Gasteiger partial charge on any atom is 0.151 e. The van der Waals surface area contributed by atoms with Crippen LogP contribution in [0.3, 0.4) is 0 Å². The van der Waals surface area contributed by atoms with Gasteiger partial charge in [0.05, 0.1) is 5.88 Å². The molecule has 0 heterocycles. The average Bonchev–Trinajstić information content (AvgIpc) is 2.39. The number of benzene rings is 1. The van der Waals surface area contributed by atoms with Crippen LogP contribution < -0.4 is 0 Å². The van der Waals surface area contributed by atoms with E-state index in [2.05, 4.69) is 0 Å². The third-order valence-corrected chi connectivity index (χ3v) is 3.15. The standard InChI is InChI=1S/C14H13ClF2O/c15-10-14(17)7-6-13(12(16)8-14)18-9-11-4-2-1-3-5-11/h1-7H,8-10H2. The van der Waals surface area contributed by atoms with Gasteiger partial charge in [0.25, 0.3) is 0 Å². The minimum atomic E-state index is -1.80. The van der Waals surface area contributed by atoms with E-state index in [1.807, 2.05) is 30.3 Å². The van der Waals surface area contributed by atoms with Crippen LogP contribution in [0.1, 0.15) is 12.0 Å². The summed E-state index contributed by atoms with van der Waals surface area (Å²) < 4.78 is 32.7. The summed E-state index contributed by atoms with van der Waals surface area (Å²) in [4.78, 5) is 0. The minimum Gasteiger partial charge on any atom is -0.486 e. The van der Waals surface area contributed by atoms with Gasteiger partial charge in [-0.1, -0.05) is 30.3 Å². The van der Waals surface area contributed by atoms with E-state index in [0.29, 0.717) is 0 Å². The maximum atomic E-state index is 13.7. The van der Waals surface area contributed by atoms with Gasteiger partial charge in [-0.2, -0.15) is 0 Å². The van der Waals surface area contributed by atoms with E-state index in [4.69, 9.17) is 16.3 Å². The predicted octanol–water partition coefficient (Wildman–Crippen LogP) is 4.29. The third kappa shape index (κ3) is 3.10. The fraction of sp³-hybridized carbons (Fsp3) is 0.286. The summed E-state index contributed by atoms with van der Waals surface area (Å²) in [5, 5.41) is 0. The lowest BCUT2D eigenvalue weighted by Gasteiger charge is -2.22. The number of hydrogen-bond donors (Lipinski definition) is 0. The SMILES string of the molecule is FC1=C(OCc2ccccc2)C=CC(F)(CCl)C1. The van der Waals surface area contributed by atoms with Crippen LogP contribution in [0.4, 0.5) is 8.78 Å². The van der Waals surface area contributed by atoms with Crippen molar-refractivity contribution < 1.29 is 13.5 Å². The van der Waals surface area contributed by atoms with Gasteiger partial charge in [0.1, 0.15) is 18.1 Å². The molecule has 1 aliphatic rings. The van der Waals surface area contributed by atoms with Crippen molar-refractivity contribution >= 4 is 11.6 Å².